The molecule has 2 atom stereocenters. The molecule has 0 radical (unpaired) electrons. The minimum atomic E-state index is -0.394. The Bertz CT molecular complexity index is 545. The molecule has 0 saturated heterocycles. The highest BCUT2D eigenvalue weighted by Crippen LogP contribution is 2.30. The van der Waals surface area contributed by atoms with E-state index in [1.165, 1.54) is 18.2 Å². The van der Waals surface area contributed by atoms with Crippen molar-refractivity contribution in [2.75, 3.05) is 0 Å². The lowest BCUT2D eigenvalue weighted by Gasteiger charge is -2.23. The Balaban J connectivity index is 2.27. The van der Waals surface area contributed by atoms with Gasteiger partial charge in [0.2, 0.25) is 0 Å². The van der Waals surface area contributed by atoms with Gasteiger partial charge in [-0.2, -0.15) is 0 Å². The first kappa shape index (κ1) is 13.8. The van der Waals surface area contributed by atoms with Crippen LogP contribution in [0.3, 0.4) is 0 Å². The van der Waals surface area contributed by atoms with Crippen molar-refractivity contribution in [3.8, 4) is 5.75 Å². The minimum Gasteiger partial charge on any atom is -0.483 e. The maximum Gasteiger partial charge on any atom is 0.139 e. The third kappa shape index (κ3) is 3.46. The molecule has 0 heterocycles. The van der Waals surface area contributed by atoms with Gasteiger partial charge in [-0.3, -0.25) is 0 Å². The fraction of sp³-hybridized carbons (Fsp3) is 0.200. The van der Waals surface area contributed by atoms with Gasteiger partial charge in [0.1, 0.15) is 17.7 Å². The van der Waals surface area contributed by atoms with Crippen molar-refractivity contribution in [1.29, 1.82) is 0 Å². The molecule has 2 unspecified atom stereocenters. The average molecular weight is 280 g/mol. The van der Waals surface area contributed by atoms with E-state index in [-0.39, 0.29) is 17.2 Å². The summed E-state index contributed by atoms with van der Waals surface area (Å²) in [6.07, 6.45) is -0.329. The van der Waals surface area contributed by atoms with Crippen molar-refractivity contribution in [3.05, 3.63) is 64.9 Å². The van der Waals surface area contributed by atoms with Crippen LogP contribution in [-0.2, 0) is 0 Å². The molecule has 2 aromatic carbocycles. The van der Waals surface area contributed by atoms with Crippen LogP contribution >= 0.6 is 11.6 Å². The highest BCUT2D eigenvalue weighted by atomic mass is 35.5. The largest absolute Gasteiger partial charge is 0.483 e. The Labute approximate surface area is 117 Å². The quantitative estimate of drug-likeness (QED) is 0.920. The Kier molecular flexibility index (Phi) is 4.40. The van der Waals surface area contributed by atoms with E-state index >= 15 is 0 Å². The molecule has 2 N–H and O–H groups in total. The number of halogens is 2. The molecule has 0 aliphatic rings. The number of hydrogen-bond donors (Lipinski definition) is 1. The van der Waals surface area contributed by atoms with E-state index in [4.69, 9.17) is 22.1 Å². The second-order valence-electron chi connectivity index (χ2n) is 4.38. The van der Waals surface area contributed by atoms with E-state index in [2.05, 4.69) is 0 Å². The lowest BCUT2D eigenvalue weighted by atomic mass is 10.0. The lowest BCUT2D eigenvalue weighted by Crippen LogP contribution is -2.29. The van der Waals surface area contributed by atoms with Gasteiger partial charge in [-0.15, -0.1) is 0 Å². The zero-order valence-corrected chi connectivity index (χ0v) is 11.3. The standard InChI is InChI=1S/C15H15ClFNO/c1-10(18)15(11-5-3-2-4-6-11)19-14-8-7-12(17)9-13(14)16/h2-10,15H,18H2,1H3. The van der Waals surface area contributed by atoms with Crippen LogP contribution in [-0.4, -0.2) is 6.04 Å². The summed E-state index contributed by atoms with van der Waals surface area (Å²) in [4.78, 5) is 0. The SMILES string of the molecule is CC(N)C(Oc1ccc(F)cc1Cl)c1ccccc1. The van der Waals surface area contributed by atoms with Gasteiger partial charge >= 0.3 is 0 Å². The summed E-state index contributed by atoms with van der Waals surface area (Å²) in [6.45, 7) is 1.86. The lowest BCUT2D eigenvalue weighted by molar-refractivity contribution is 0.180. The number of hydrogen-bond acceptors (Lipinski definition) is 2. The van der Waals surface area contributed by atoms with Crippen molar-refractivity contribution in [3.63, 3.8) is 0 Å². The number of ether oxygens (including phenoxy) is 1. The third-order valence-electron chi connectivity index (χ3n) is 2.75. The molecule has 0 aliphatic heterocycles. The average Bonchev–Trinajstić information content (AvgIpc) is 2.38. The Morgan fingerprint density at radius 3 is 2.42 bits per heavy atom. The maximum atomic E-state index is 13.0. The van der Waals surface area contributed by atoms with E-state index < -0.39 is 5.82 Å². The molecule has 0 aliphatic carbocycles. The smallest absolute Gasteiger partial charge is 0.139 e. The summed E-state index contributed by atoms with van der Waals surface area (Å²) in [6, 6.07) is 13.5. The number of nitrogens with two attached hydrogens (primary N) is 1. The van der Waals surface area contributed by atoms with Crippen LogP contribution in [0.4, 0.5) is 4.39 Å². The fourth-order valence-corrected chi connectivity index (χ4v) is 2.04. The van der Waals surface area contributed by atoms with E-state index in [0.717, 1.165) is 5.56 Å². The Morgan fingerprint density at radius 2 is 1.84 bits per heavy atom. The first-order valence-corrected chi connectivity index (χ1v) is 6.38. The van der Waals surface area contributed by atoms with Crippen LogP contribution in [0.15, 0.2) is 48.5 Å². The van der Waals surface area contributed by atoms with Crippen LogP contribution in [0, 0.1) is 5.82 Å². The highest BCUT2D eigenvalue weighted by molar-refractivity contribution is 6.32. The van der Waals surface area contributed by atoms with E-state index in [1.54, 1.807) is 0 Å². The minimum absolute atomic E-state index is 0.219. The van der Waals surface area contributed by atoms with Crippen LogP contribution in [0.1, 0.15) is 18.6 Å². The number of benzene rings is 2. The fourth-order valence-electron chi connectivity index (χ4n) is 1.83. The molecule has 2 rings (SSSR count). The van der Waals surface area contributed by atoms with Crippen molar-refractivity contribution in [2.45, 2.75) is 19.1 Å². The van der Waals surface area contributed by atoms with Crippen molar-refractivity contribution < 1.29 is 9.13 Å². The van der Waals surface area contributed by atoms with Gasteiger partial charge in [-0.05, 0) is 30.7 Å². The first-order chi connectivity index (χ1) is 9.08. The summed E-state index contributed by atoms with van der Waals surface area (Å²) >= 11 is 5.96. The molecule has 4 heteroatoms. The zero-order chi connectivity index (χ0) is 13.8. The molecule has 19 heavy (non-hydrogen) atoms. The monoisotopic (exact) mass is 279 g/mol. The summed E-state index contributed by atoms with van der Waals surface area (Å²) < 4.78 is 18.8. The van der Waals surface area contributed by atoms with Crippen molar-refractivity contribution in [1.82, 2.24) is 0 Å². The number of rotatable bonds is 4. The normalized spacial score (nSPS) is 13.9. The maximum absolute atomic E-state index is 13.0. The molecule has 0 bridgehead atoms. The molecule has 0 fully saturated rings. The molecular formula is C15H15ClFNO. The predicted octanol–water partition coefficient (Wildman–Crippen LogP) is 3.95. The molecule has 0 spiro atoms. The van der Waals surface area contributed by atoms with Crippen LogP contribution < -0.4 is 10.5 Å². The van der Waals surface area contributed by atoms with Gasteiger partial charge in [0.25, 0.3) is 0 Å². The van der Waals surface area contributed by atoms with Crippen LogP contribution in [0.25, 0.3) is 0 Å². The molecule has 0 amide bonds. The third-order valence-corrected chi connectivity index (χ3v) is 3.05. The van der Waals surface area contributed by atoms with Crippen molar-refractivity contribution in [2.24, 2.45) is 5.73 Å². The molecule has 2 nitrogen and oxygen atoms in total. The second-order valence-corrected chi connectivity index (χ2v) is 4.79. The Morgan fingerprint density at radius 1 is 1.16 bits per heavy atom. The predicted molar refractivity (Wildman–Crippen MR) is 74.9 cm³/mol. The molecule has 0 saturated carbocycles. The molecule has 100 valence electrons. The summed E-state index contributed by atoms with van der Waals surface area (Å²) in [5.74, 6) is 0.0311. The second kappa shape index (κ2) is 6.04. The topological polar surface area (TPSA) is 35.2 Å². The molecule has 2 aromatic rings. The van der Waals surface area contributed by atoms with Crippen LogP contribution in [0.2, 0.25) is 5.02 Å². The van der Waals surface area contributed by atoms with Crippen LogP contribution in [0.5, 0.6) is 5.75 Å². The first-order valence-electron chi connectivity index (χ1n) is 6.00. The van der Waals surface area contributed by atoms with E-state index in [0.29, 0.717) is 5.75 Å². The highest BCUT2D eigenvalue weighted by Gasteiger charge is 2.19. The summed E-state index contributed by atoms with van der Waals surface area (Å²) in [5.41, 5.74) is 6.91. The van der Waals surface area contributed by atoms with E-state index in [9.17, 15) is 4.39 Å². The summed E-state index contributed by atoms with van der Waals surface area (Å²) in [7, 11) is 0. The van der Waals surface area contributed by atoms with Gasteiger partial charge in [0, 0.05) is 6.04 Å². The zero-order valence-electron chi connectivity index (χ0n) is 10.5. The van der Waals surface area contributed by atoms with Crippen molar-refractivity contribution >= 4 is 11.6 Å². The van der Waals surface area contributed by atoms with Gasteiger partial charge in [0.15, 0.2) is 0 Å². The Hall–Kier alpha value is -1.58. The van der Waals surface area contributed by atoms with Gasteiger partial charge in [0.05, 0.1) is 5.02 Å². The summed E-state index contributed by atoms with van der Waals surface area (Å²) in [5, 5.41) is 0.238. The van der Waals surface area contributed by atoms with Gasteiger partial charge in [-0.25, -0.2) is 4.39 Å². The van der Waals surface area contributed by atoms with Gasteiger partial charge < -0.3 is 10.5 Å². The molecular weight excluding hydrogens is 265 g/mol. The molecule has 0 aromatic heterocycles. The van der Waals surface area contributed by atoms with Gasteiger partial charge in [-0.1, -0.05) is 41.9 Å². The van der Waals surface area contributed by atoms with E-state index in [1.807, 2.05) is 37.3 Å².